The Labute approximate surface area is 506 Å². The average molecular weight is 1110 g/mol. The minimum Gasteiger partial charge on any atom is -0.458 e. The van der Waals surface area contributed by atoms with Gasteiger partial charge in [0, 0.05) is 73.4 Å². The van der Waals surface area contributed by atoms with Gasteiger partial charge in [0.25, 0.3) is 26.9 Å². The minimum atomic E-state index is -0.395. The van der Waals surface area contributed by atoms with Crippen molar-refractivity contribution in [1.29, 1.82) is 0 Å². The molecular weight excluding hydrogens is 1060 g/mol. The van der Waals surface area contributed by atoms with Crippen molar-refractivity contribution in [2.45, 2.75) is 33.1 Å². The minimum absolute atomic E-state index is 0.0150. The largest absolute Gasteiger partial charge is 0.458 e. The lowest BCUT2D eigenvalue weighted by atomic mass is 9.29. The lowest BCUT2D eigenvalue weighted by Gasteiger charge is -2.50. The smallest absolute Gasteiger partial charge is 0.256 e. The van der Waals surface area contributed by atoms with E-state index in [4.69, 9.17) is 9.47 Å². The highest BCUT2D eigenvalue weighted by atomic mass is 16.5. The number of fused-ring (bicyclic) bond motifs is 23. The Morgan fingerprint density at radius 2 is 0.586 bits per heavy atom. The molecule has 12 aromatic rings. The van der Waals surface area contributed by atoms with Crippen LogP contribution in [-0.4, -0.2) is 26.9 Å². The predicted octanol–water partition coefficient (Wildman–Crippen LogP) is 10.6. The molecule has 12 aromatic carbocycles. The Kier molecular flexibility index (Phi) is 8.73. The summed E-state index contributed by atoms with van der Waals surface area (Å²) in [7, 11) is 0. The van der Waals surface area contributed by atoms with Crippen LogP contribution in [0.2, 0.25) is 0 Å². The first-order valence-electron chi connectivity index (χ1n) is 30.8. The number of ether oxygens (including phenoxy) is 2. The number of hydrogen-bond donors (Lipinski definition) is 0. The van der Waals surface area contributed by atoms with Gasteiger partial charge in [0.15, 0.2) is 0 Å². The van der Waals surface area contributed by atoms with E-state index in [9.17, 15) is 0 Å². The quantitative estimate of drug-likeness (QED) is 0.160. The molecule has 0 atom stereocenters. The van der Waals surface area contributed by atoms with Crippen molar-refractivity contribution >= 4 is 161 Å². The number of nitrogens with zero attached hydrogens (tertiary/aromatic N) is 4. The van der Waals surface area contributed by atoms with Crippen molar-refractivity contribution < 1.29 is 9.47 Å². The Morgan fingerprint density at radius 3 is 0.920 bits per heavy atom. The number of rotatable bonds is 2. The zero-order valence-corrected chi connectivity index (χ0v) is 48.4. The van der Waals surface area contributed by atoms with E-state index < -0.39 is 5.41 Å². The zero-order chi connectivity index (χ0) is 57.0. The van der Waals surface area contributed by atoms with E-state index in [0.29, 0.717) is 0 Å². The van der Waals surface area contributed by atoms with Crippen molar-refractivity contribution in [3.8, 4) is 34.1 Å². The van der Waals surface area contributed by atoms with Crippen molar-refractivity contribution in [2.75, 3.05) is 19.6 Å². The monoisotopic (exact) mass is 1110 g/mol. The Bertz CT molecular complexity index is 4860. The van der Waals surface area contributed by atoms with Gasteiger partial charge in [0.05, 0.1) is 11.4 Å². The topological polar surface area (TPSA) is 31.4 Å². The van der Waals surface area contributed by atoms with Crippen LogP contribution in [0.5, 0.6) is 23.0 Å². The molecule has 0 bridgehead atoms. The van der Waals surface area contributed by atoms with Crippen LogP contribution in [0.25, 0.3) is 11.1 Å². The molecule has 10 heteroatoms. The Balaban J connectivity index is 0.801. The SMILES string of the molecule is Cc1c2c3c4c5c1N(c1ccccc1)c1ccccc1B5c1ccccc1N4c1ccccc1B3c1cc3c(cc1O2)C(C)(C)c1cc2c(cc1-3)B1c3ccccc3N3c4ccccc4B4c5ccccc5N(c5ccccc5)c5c(C)c(c1c3c54)O2. The zero-order valence-electron chi connectivity index (χ0n) is 48.4. The van der Waals surface area contributed by atoms with E-state index >= 15 is 0 Å². The van der Waals surface area contributed by atoms with Gasteiger partial charge in [-0.1, -0.05) is 172 Å². The van der Waals surface area contributed by atoms with Crippen molar-refractivity contribution in [3.05, 3.63) is 253 Å². The molecule has 21 rings (SSSR count). The molecule has 8 aliphatic heterocycles. The molecule has 0 spiro atoms. The summed E-state index contributed by atoms with van der Waals surface area (Å²) >= 11 is 0. The molecule has 0 fully saturated rings. The molecule has 9 aliphatic rings. The molecule has 0 saturated heterocycles. The van der Waals surface area contributed by atoms with Gasteiger partial charge in [0.2, 0.25) is 0 Å². The normalized spacial score (nSPS) is 15.4. The third kappa shape index (κ3) is 5.57. The molecule has 0 N–H and O–H groups in total. The fourth-order valence-electron chi connectivity index (χ4n) is 18.0. The van der Waals surface area contributed by atoms with Gasteiger partial charge in [-0.25, -0.2) is 0 Å². The second-order valence-corrected chi connectivity index (χ2v) is 25.8. The molecule has 6 nitrogen and oxygen atoms in total. The highest BCUT2D eigenvalue weighted by molar-refractivity contribution is 7.05. The fourth-order valence-corrected chi connectivity index (χ4v) is 18.0. The third-order valence-electron chi connectivity index (χ3n) is 21.4. The van der Waals surface area contributed by atoms with Crippen LogP contribution in [0.3, 0.4) is 0 Å². The first-order valence-corrected chi connectivity index (χ1v) is 30.8. The standard InChI is InChI=1S/C77H50B4N4O2/c1-43-71-67-73-69-75(43)86-65-41-49-47(39-57(65)80(69)55-31-15-21-37-63(55)84(73)61-35-19-13-29-53(61)78(67)51-27-11-17-33-59(51)82(71)45-23-7-5-8-24-45)48-40-58-66(42-50(48)77(49,3)4)87-76-44(2)72-68-74-70(76)81(58)56-32-16-22-38-64(56)85(74)62-36-20-14-30-54(62)79(68)52-28-12-18-34-60(52)83(72)46-25-9-6-10-26-46/h5-42H,1-4H3. The number of para-hydroxylation sites is 8. The van der Waals surface area contributed by atoms with Gasteiger partial charge in [-0.15, -0.1) is 0 Å². The predicted molar refractivity (Wildman–Crippen MR) is 364 cm³/mol. The first kappa shape index (κ1) is 47.0. The van der Waals surface area contributed by atoms with Gasteiger partial charge in [-0.05, 0) is 174 Å². The second kappa shape index (κ2) is 16.2. The molecule has 8 heterocycles. The van der Waals surface area contributed by atoms with Crippen LogP contribution in [0.1, 0.15) is 36.1 Å². The van der Waals surface area contributed by atoms with Crippen LogP contribution in [0.4, 0.5) is 68.2 Å². The van der Waals surface area contributed by atoms with E-state index in [1.54, 1.807) is 0 Å². The molecule has 0 aromatic heterocycles. The van der Waals surface area contributed by atoms with Crippen molar-refractivity contribution in [2.24, 2.45) is 0 Å². The highest BCUT2D eigenvalue weighted by Gasteiger charge is 2.55. The maximum Gasteiger partial charge on any atom is 0.256 e. The molecule has 1 aliphatic carbocycles. The van der Waals surface area contributed by atoms with Crippen molar-refractivity contribution in [3.63, 3.8) is 0 Å². The maximum atomic E-state index is 7.75. The van der Waals surface area contributed by atoms with Gasteiger partial charge in [0.1, 0.15) is 23.0 Å². The van der Waals surface area contributed by atoms with Crippen LogP contribution >= 0.6 is 0 Å². The highest BCUT2D eigenvalue weighted by Crippen LogP contribution is 2.56. The van der Waals surface area contributed by atoms with Crippen LogP contribution in [0.15, 0.2) is 231 Å². The van der Waals surface area contributed by atoms with Crippen molar-refractivity contribution in [1.82, 2.24) is 0 Å². The molecule has 0 amide bonds. The number of hydrogen-bond acceptors (Lipinski definition) is 6. The number of anilines is 12. The van der Waals surface area contributed by atoms with Gasteiger partial charge >= 0.3 is 0 Å². The molecule has 0 unspecified atom stereocenters. The number of benzene rings is 12. The summed E-state index contributed by atoms with van der Waals surface area (Å²) in [4.78, 5) is 10.2. The summed E-state index contributed by atoms with van der Waals surface area (Å²) in [6, 6.07) is 86.6. The first-order chi connectivity index (χ1) is 42.8. The van der Waals surface area contributed by atoms with E-state index in [-0.39, 0.29) is 26.9 Å². The van der Waals surface area contributed by atoms with Crippen LogP contribution in [0, 0.1) is 13.8 Å². The summed E-state index contributed by atoms with van der Waals surface area (Å²) in [6.07, 6.45) is 0. The second-order valence-electron chi connectivity index (χ2n) is 25.8. The molecule has 87 heavy (non-hydrogen) atoms. The van der Waals surface area contributed by atoms with Gasteiger partial charge in [-0.3, -0.25) is 0 Å². The average Bonchev–Trinajstić information content (AvgIpc) is 1.08. The lowest BCUT2D eigenvalue weighted by Crippen LogP contribution is -2.68. The Hall–Kier alpha value is -10.3. The summed E-state index contributed by atoms with van der Waals surface area (Å²) in [5.41, 5.74) is 36.9. The molecule has 402 valence electrons. The summed E-state index contributed by atoms with van der Waals surface area (Å²) in [5, 5.41) is 0. The van der Waals surface area contributed by atoms with E-state index in [1.165, 1.54) is 145 Å². The van der Waals surface area contributed by atoms with E-state index in [0.717, 1.165) is 45.5 Å². The maximum absolute atomic E-state index is 7.75. The Morgan fingerprint density at radius 1 is 0.299 bits per heavy atom. The van der Waals surface area contributed by atoms with E-state index in [1.807, 2.05) is 0 Å². The van der Waals surface area contributed by atoms with Crippen LogP contribution < -0.4 is 94.6 Å². The molecule has 0 radical (unpaired) electrons. The summed E-state index contributed by atoms with van der Waals surface area (Å²) in [5.74, 6) is 3.77. The fraction of sp³-hybridized carbons (Fsp3) is 0.0649. The van der Waals surface area contributed by atoms with E-state index in [2.05, 4.69) is 278 Å². The van der Waals surface area contributed by atoms with Gasteiger partial charge in [-0.2, -0.15) is 0 Å². The third-order valence-corrected chi connectivity index (χ3v) is 21.4. The molecule has 0 saturated carbocycles. The summed E-state index contributed by atoms with van der Waals surface area (Å²) in [6.45, 7) is 9.29. The van der Waals surface area contributed by atoms with Gasteiger partial charge < -0.3 is 29.1 Å². The summed E-state index contributed by atoms with van der Waals surface area (Å²) < 4.78 is 15.5. The lowest BCUT2D eigenvalue weighted by molar-refractivity contribution is 0.480. The molecular formula is C77H50B4N4O2. The van der Waals surface area contributed by atoms with Crippen LogP contribution in [-0.2, 0) is 5.41 Å².